The van der Waals surface area contributed by atoms with E-state index in [9.17, 15) is 72.9 Å². The summed E-state index contributed by atoms with van der Waals surface area (Å²) >= 11 is 14.4. The van der Waals surface area contributed by atoms with Gasteiger partial charge in [0, 0.05) is 78.2 Å². The van der Waals surface area contributed by atoms with Crippen molar-refractivity contribution in [2.75, 3.05) is 39.6 Å². The van der Waals surface area contributed by atoms with Crippen molar-refractivity contribution in [3.8, 4) is 45.7 Å². The number of hydrogen-bond acceptors (Lipinski definition) is 27. The van der Waals surface area contributed by atoms with Crippen LogP contribution >= 0.6 is 156 Å². The largest absolute Gasteiger partial charge is 0.495 e. The first-order valence-electron chi connectivity index (χ1n) is 47.9. The summed E-state index contributed by atoms with van der Waals surface area (Å²) in [6.45, 7) is 16.4. The number of fused-ring (bicyclic) bond motifs is 6. The molecular weight excluding hydrogens is 2160 g/mol. The second kappa shape index (κ2) is 56.1. The van der Waals surface area contributed by atoms with Crippen molar-refractivity contribution in [3.63, 3.8) is 0 Å². The standard InChI is InChI=1S/C34H44ClN7O7.C31H40ClN7O7.C31H41N7O6S.9H2S/c1-33(2,3)49-32(47)36-25-10-8-6-4-5-7-9-22-17-34(22,31(45)46)37-29(43)26-16-23(18-41(26)30(25)44)42-39-28(38-40-42)21-13-14-27(24(35)15-21)48-19-20-11-12-20;1-30(2,3)46-29(44)33-22-11-9-7-5-6-8-10-19-16-31(19,28(42)43)34-26(40)23-15-20(17-38(23)27(22)41)39-36-25(35-37-39)18-12-13-24(45-4)21(32)14-18;1-30(2,3)44-29(43)32-23-11-9-7-5-6-8-10-20-17-31(20,28(41)42)33-26(39)24-16-21(18-37(24)27(23)40)38-35-25(34-36-38)19-12-14-22(45-4)15-13-19;;;;;;;;;/h7,9,13-15,20,22-23,25-26H,4-6,8,10-12,16-19H2,1-3H3,(H,36,47)(H,37,43)(H,45,46);8,10,12-14,19-20,22-23H,5-7,9,11,15-17H2,1-4H3,(H,33,44)(H,34,40)(H,42,43);8,10,12-15,20-21,23-24H,5-7,9,11,16-18H2,1-4H3,(H,32,43)(H,33,39)(H,41,42);9*1H2/b9-7-;2*10-8-;;;;;;;;;/t22-,23-,25+,26+,34-;19-,20-,22+,23+,31-;20-,21-,23+,24+,31-;;;;;;;;;/m111........./s1. The first-order chi connectivity index (χ1) is 66.5. The van der Waals surface area contributed by atoms with E-state index < -0.39 is 159 Å². The molecule has 4 saturated carbocycles. The van der Waals surface area contributed by atoms with Crippen LogP contribution in [0.5, 0.6) is 11.5 Å². The molecule has 0 radical (unpaired) electrons. The predicted molar refractivity (Wildman–Crippen MR) is 603 cm³/mol. The molecule has 3 aromatic heterocycles. The number of nitrogens with zero attached hydrogens (tertiary/aromatic N) is 15. The number of thioether (sulfide) groups is 1. The van der Waals surface area contributed by atoms with Crippen molar-refractivity contribution < 1.29 is 96.5 Å². The van der Waals surface area contributed by atoms with Crippen LogP contribution in [0.1, 0.15) is 228 Å². The Hall–Kier alpha value is -9.19. The van der Waals surface area contributed by atoms with Gasteiger partial charge in [-0.25, -0.2) is 28.8 Å². The van der Waals surface area contributed by atoms with E-state index in [1.807, 2.05) is 67.0 Å². The Bertz CT molecular complexity index is 5720. The molecule has 9 N–H and O–H groups in total. The number of tetrazole rings is 3. The molecule has 41 nitrogen and oxygen atoms in total. The van der Waals surface area contributed by atoms with Crippen molar-refractivity contribution in [1.29, 1.82) is 0 Å². The first kappa shape index (κ1) is 130. The van der Waals surface area contributed by atoms with Gasteiger partial charge in [0.05, 0.1) is 41.9 Å². The highest BCUT2D eigenvalue weighted by atomic mass is 35.5. The van der Waals surface area contributed by atoms with Crippen molar-refractivity contribution >= 4 is 228 Å². The maximum Gasteiger partial charge on any atom is 0.408 e. The number of rotatable bonds is 17. The minimum atomic E-state index is -1.44. The lowest BCUT2D eigenvalue weighted by Crippen LogP contribution is -2.56. The fourth-order valence-corrected chi connectivity index (χ4v) is 19.3. The fraction of sp³-hybridized carbons (Fsp3) is 0.594. The molecule has 0 spiro atoms. The lowest BCUT2D eigenvalue weighted by Gasteiger charge is -2.30. The Kier molecular flexibility index (Phi) is 49.0. The Morgan fingerprint density at radius 3 is 1.01 bits per heavy atom. The first-order valence-corrected chi connectivity index (χ1v) is 49.9. The number of methoxy groups -OCH3 is 1. The zero-order valence-corrected chi connectivity index (χ0v) is 96.3. The molecule has 0 bridgehead atoms. The lowest BCUT2D eigenvalue weighted by molar-refractivity contribution is -0.146. The Morgan fingerprint density at radius 1 is 0.430 bits per heavy atom. The van der Waals surface area contributed by atoms with Gasteiger partial charge in [-0.2, -0.15) is 136 Å². The van der Waals surface area contributed by atoms with Crippen LogP contribution in [0.25, 0.3) is 34.2 Å². The number of halogens is 2. The number of nitrogens with one attached hydrogen (secondary N) is 6. The molecule has 0 unspecified atom stereocenters. The predicted octanol–water partition coefficient (Wildman–Crippen LogP) is 12.4. The Morgan fingerprint density at radius 2 is 0.732 bits per heavy atom. The zero-order chi connectivity index (χ0) is 101. The normalized spacial score (nSPS) is 26.4. The summed E-state index contributed by atoms with van der Waals surface area (Å²) in [6.07, 6.45) is 24.9. The quantitative estimate of drug-likeness (QED) is 0.0233. The van der Waals surface area contributed by atoms with Gasteiger partial charge >= 0.3 is 36.2 Å². The van der Waals surface area contributed by atoms with Gasteiger partial charge in [-0.1, -0.05) is 98.2 Å². The number of amides is 9. The van der Waals surface area contributed by atoms with Crippen molar-refractivity contribution in [3.05, 3.63) is 107 Å². The van der Waals surface area contributed by atoms with E-state index in [0.717, 1.165) is 81.1 Å². The molecule has 15 atom stereocenters. The number of aromatic nitrogens is 12. The van der Waals surface area contributed by atoms with Crippen molar-refractivity contribution in [2.24, 2.45) is 23.7 Å². The number of alkyl carbamates (subject to hydrolysis) is 3. The molecule has 826 valence electrons. The number of allylic oxidation sites excluding steroid dienone is 3. The van der Waals surface area contributed by atoms with Crippen LogP contribution in [0.3, 0.4) is 0 Å². The third-order valence-electron chi connectivity index (χ3n) is 26.4. The van der Waals surface area contributed by atoms with E-state index in [-0.39, 0.29) is 203 Å². The van der Waals surface area contributed by atoms with Crippen molar-refractivity contribution in [1.82, 2.24) is 107 Å². The van der Waals surface area contributed by atoms with Crippen molar-refractivity contribution in [2.45, 2.75) is 303 Å². The molecule has 9 amide bonds. The summed E-state index contributed by atoms with van der Waals surface area (Å²) in [5.41, 5.74) is -4.64. The van der Waals surface area contributed by atoms with Gasteiger partial charge in [0.25, 0.3) is 0 Å². The van der Waals surface area contributed by atoms with Crippen LogP contribution in [0.4, 0.5) is 14.4 Å². The fourth-order valence-electron chi connectivity index (χ4n) is 18.4. The zero-order valence-electron chi connectivity index (χ0n) is 85.0. The number of carboxylic acid groups (broad SMARTS) is 3. The molecule has 4 aliphatic carbocycles. The number of carboxylic acids is 3. The number of ether oxygens (including phenoxy) is 5. The summed E-state index contributed by atoms with van der Waals surface area (Å²) in [7, 11) is 1.51. The van der Waals surface area contributed by atoms with Crippen LogP contribution in [0.2, 0.25) is 10.0 Å². The highest BCUT2D eigenvalue weighted by molar-refractivity contribution is 7.98. The highest BCUT2D eigenvalue weighted by Gasteiger charge is 2.64. The maximum absolute atomic E-state index is 14.2. The average Bonchev–Trinajstić information content (AvgIpc) is 1.59. The summed E-state index contributed by atoms with van der Waals surface area (Å²) in [5.74, 6) is -4.88. The second-order valence-corrected chi connectivity index (χ2v) is 42.2. The van der Waals surface area contributed by atoms with Gasteiger partial charge in [0.1, 0.15) is 81.2 Å². The van der Waals surface area contributed by atoms with Gasteiger partial charge in [-0.15, -0.1) is 42.4 Å². The van der Waals surface area contributed by atoms with Crippen LogP contribution in [0.15, 0.2) is 102 Å². The third kappa shape index (κ3) is 33.4. The molecule has 6 aromatic rings. The average molecular weight is 2300 g/mol. The topological polar surface area (TPSA) is 524 Å². The van der Waals surface area contributed by atoms with Gasteiger partial charge in [-0.3, -0.25) is 28.8 Å². The number of carbonyl (C=O) groups is 12. The van der Waals surface area contributed by atoms with E-state index in [2.05, 4.69) is 78.1 Å². The third-order valence-corrected chi connectivity index (χ3v) is 27.7. The van der Waals surface area contributed by atoms with E-state index >= 15 is 0 Å². The number of aliphatic carboxylic acids is 3. The minimum Gasteiger partial charge on any atom is -0.495 e. The molecule has 53 heteroatoms. The molecule has 9 heterocycles. The molecule has 10 aliphatic rings. The van der Waals surface area contributed by atoms with E-state index in [0.29, 0.717) is 95.4 Å². The van der Waals surface area contributed by atoms with Crippen LogP contribution in [-0.4, -0.2) is 272 Å². The molecule has 16 rings (SSSR count). The number of carbonyl (C=O) groups excluding carboxylic acids is 9. The molecule has 6 aliphatic heterocycles. The van der Waals surface area contributed by atoms with Crippen LogP contribution < -0.4 is 41.4 Å². The monoisotopic (exact) mass is 2300 g/mol. The van der Waals surface area contributed by atoms with Crippen LogP contribution in [-0.2, 0) is 57.4 Å². The summed E-state index contributed by atoms with van der Waals surface area (Å²) in [6, 6.07) is 10.5. The van der Waals surface area contributed by atoms with E-state index in [1.54, 1.807) is 110 Å². The maximum atomic E-state index is 14.2. The SMILES string of the molecule is CC(C)(C)OC(=O)N[C@H]1CCCCC/C=C\[C@@H]2C[C@@]2(C(=O)O)NC(=O)[C@@H]2C[C@@H](n3nnc(-c4ccc(OCC5CC5)c(Cl)c4)n3)CN2C1=O.COc1ccc(-c2nnn([C@@H]3C[C@H]4C(=O)N[C@]5(C(=O)O)C[C@H]5/C=C\CCCCC[C@H](NC(=O)OC(C)(C)C)C(=O)N4C3)n2)cc1Cl.CSc1ccc(-c2nnn([C@@H]3C[C@H]4C(=O)N[C@]5(C(=O)O)C[C@H]5/C=C\CCCCC[C@H](NC(=O)OC(C)(C)C)C(=O)N4C3)n2)cc1.S.S.S.S.S.S.S.S.S. The molecule has 3 saturated heterocycles. The summed E-state index contributed by atoms with van der Waals surface area (Å²) in [5, 5.41) is 86.6. The van der Waals surface area contributed by atoms with Gasteiger partial charge < -0.3 is 85.6 Å². The van der Waals surface area contributed by atoms with Crippen LogP contribution in [0, 0.1) is 23.7 Å². The number of benzene rings is 3. The number of hydrogen-bond donors (Lipinski definition) is 9. The Balaban J connectivity index is 0.000000382. The van der Waals surface area contributed by atoms with E-state index in [4.69, 9.17) is 46.9 Å². The minimum absolute atomic E-state index is 0. The second-order valence-electron chi connectivity index (χ2n) is 40.5. The van der Waals surface area contributed by atoms with Gasteiger partial charge in [0.15, 0.2) is 0 Å². The molecule has 7 fully saturated rings. The lowest BCUT2D eigenvalue weighted by atomic mass is 10.0. The van der Waals surface area contributed by atoms with Gasteiger partial charge in [0.2, 0.25) is 52.9 Å². The van der Waals surface area contributed by atoms with E-state index in [1.165, 1.54) is 36.2 Å². The molecule has 149 heavy (non-hydrogen) atoms. The molecular formula is C96H143Cl2N21O20S10. The Labute approximate surface area is 943 Å². The summed E-state index contributed by atoms with van der Waals surface area (Å²) < 4.78 is 27.4. The smallest absolute Gasteiger partial charge is 0.408 e. The summed E-state index contributed by atoms with van der Waals surface area (Å²) in [4.78, 5) is 169. The highest BCUT2D eigenvalue weighted by Crippen LogP contribution is 2.49. The molecule has 3 aromatic carbocycles. The van der Waals surface area contributed by atoms with Gasteiger partial charge in [-0.05, 0) is 241 Å².